The average molecular weight is 423 g/mol. The van der Waals surface area contributed by atoms with Gasteiger partial charge in [0.25, 0.3) is 6.43 Å². The molecule has 2 aromatic heterocycles. The fourth-order valence-corrected chi connectivity index (χ4v) is 3.89. The highest BCUT2D eigenvalue weighted by Gasteiger charge is 2.23. The van der Waals surface area contributed by atoms with Crippen LogP contribution >= 0.6 is 0 Å². The van der Waals surface area contributed by atoms with Gasteiger partial charge in [0.2, 0.25) is 5.78 Å². The zero-order valence-electron chi connectivity index (χ0n) is 16.9. The van der Waals surface area contributed by atoms with Crippen LogP contribution in [0.4, 0.5) is 8.78 Å². The van der Waals surface area contributed by atoms with Crippen LogP contribution in [-0.4, -0.2) is 31.8 Å². The van der Waals surface area contributed by atoms with E-state index in [-0.39, 0.29) is 29.4 Å². The number of aliphatic hydroxyl groups is 1. The number of ketones is 1. The molecule has 3 aromatic rings. The van der Waals surface area contributed by atoms with Crippen LogP contribution in [0, 0.1) is 5.92 Å². The summed E-state index contributed by atoms with van der Waals surface area (Å²) in [6.07, 6.45) is 7.32. The number of allylic oxidation sites excluding steroid dienone is 1. The molecule has 2 atom stereocenters. The molecule has 31 heavy (non-hydrogen) atoms. The summed E-state index contributed by atoms with van der Waals surface area (Å²) in [7, 11) is 0. The van der Waals surface area contributed by atoms with Crippen molar-refractivity contribution in [1.29, 1.82) is 0 Å². The van der Waals surface area contributed by atoms with Gasteiger partial charge in [0.15, 0.2) is 0 Å². The summed E-state index contributed by atoms with van der Waals surface area (Å²) in [5, 5.41) is 14.1. The van der Waals surface area contributed by atoms with Gasteiger partial charge in [-0.2, -0.15) is 5.10 Å². The zero-order valence-corrected chi connectivity index (χ0v) is 16.9. The number of alkyl halides is 2. The molecule has 2 heterocycles. The number of halogens is 2. The molecule has 0 amide bonds. The largest absolute Gasteiger partial charge is 0.393 e. The maximum Gasteiger partial charge on any atom is 0.265 e. The fourth-order valence-electron chi connectivity index (χ4n) is 3.89. The van der Waals surface area contributed by atoms with Gasteiger partial charge in [-0.05, 0) is 60.7 Å². The molecule has 1 fully saturated rings. The fraction of sp³-hybridized carbons (Fsp3) is 0.292. The number of aromatic nitrogens is 3. The summed E-state index contributed by atoms with van der Waals surface area (Å²) < 4.78 is 28.8. The Balaban J connectivity index is 1.54. The first-order chi connectivity index (χ1) is 15.0. The van der Waals surface area contributed by atoms with Crippen LogP contribution in [0.15, 0.2) is 67.1 Å². The van der Waals surface area contributed by atoms with Gasteiger partial charge in [0.1, 0.15) is 5.69 Å². The van der Waals surface area contributed by atoms with E-state index in [1.165, 1.54) is 12.1 Å². The Hall–Kier alpha value is -3.19. The van der Waals surface area contributed by atoms with Crippen molar-refractivity contribution in [3.8, 4) is 5.69 Å². The van der Waals surface area contributed by atoms with E-state index in [4.69, 9.17) is 0 Å². The Bertz CT molecular complexity index is 1060. The van der Waals surface area contributed by atoms with Crippen molar-refractivity contribution >= 4 is 5.78 Å². The van der Waals surface area contributed by atoms with Crippen LogP contribution < -0.4 is 0 Å². The average Bonchev–Trinajstić information content (AvgIpc) is 3.44. The van der Waals surface area contributed by atoms with Crippen molar-refractivity contribution in [2.75, 3.05) is 0 Å². The number of benzene rings is 1. The number of pyridine rings is 1. The second-order valence-electron chi connectivity index (χ2n) is 7.75. The van der Waals surface area contributed by atoms with Gasteiger partial charge in [0, 0.05) is 30.1 Å². The number of carbonyl (C=O) groups excluding carboxylic acids is 1. The minimum absolute atomic E-state index is 0.0444. The van der Waals surface area contributed by atoms with Crippen molar-refractivity contribution in [1.82, 2.24) is 14.8 Å². The number of hydrogen-bond acceptors (Lipinski definition) is 4. The number of hydrogen-bond donors (Lipinski definition) is 1. The van der Waals surface area contributed by atoms with Gasteiger partial charge in [-0.25, -0.2) is 13.5 Å². The Morgan fingerprint density at radius 1 is 1.26 bits per heavy atom. The Morgan fingerprint density at radius 2 is 2.06 bits per heavy atom. The third kappa shape index (κ3) is 4.94. The van der Waals surface area contributed by atoms with Crippen LogP contribution in [0.1, 0.15) is 52.9 Å². The smallest absolute Gasteiger partial charge is 0.265 e. The summed E-state index contributed by atoms with van der Waals surface area (Å²) in [5.74, 6) is -0.396. The highest BCUT2D eigenvalue weighted by atomic mass is 19.3. The lowest BCUT2D eigenvalue weighted by molar-refractivity contribution is 0.103. The predicted octanol–water partition coefficient (Wildman–Crippen LogP) is 4.70. The summed E-state index contributed by atoms with van der Waals surface area (Å²) in [5.41, 5.74) is 2.02. The third-order valence-corrected chi connectivity index (χ3v) is 5.64. The molecular weight excluding hydrogens is 400 g/mol. The molecule has 1 aromatic carbocycles. The second kappa shape index (κ2) is 9.31. The second-order valence-corrected chi connectivity index (χ2v) is 7.75. The molecule has 7 heteroatoms. The van der Waals surface area contributed by atoms with Crippen molar-refractivity contribution in [2.24, 2.45) is 5.92 Å². The molecule has 1 aliphatic carbocycles. The molecule has 1 aliphatic rings. The zero-order chi connectivity index (χ0) is 21.8. The molecule has 4 rings (SSSR count). The lowest BCUT2D eigenvalue weighted by Crippen LogP contribution is -2.11. The Kier molecular flexibility index (Phi) is 6.32. The molecule has 160 valence electrons. The van der Waals surface area contributed by atoms with E-state index in [0.29, 0.717) is 5.56 Å². The minimum Gasteiger partial charge on any atom is -0.393 e. The van der Waals surface area contributed by atoms with Crippen molar-refractivity contribution in [3.05, 3.63) is 89.5 Å². The normalized spacial score (nSPS) is 18.8. The lowest BCUT2D eigenvalue weighted by Gasteiger charge is -2.11. The minimum atomic E-state index is -2.68. The number of nitrogens with zero attached hydrogens (tertiary/aromatic N) is 3. The van der Waals surface area contributed by atoms with E-state index >= 15 is 0 Å². The molecule has 0 radical (unpaired) electrons. The van der Waals surface area contributed by atoms with Crippen LogP contribution in [0.25, 0.3) is 5.69 Å². The van der Waals surface area contributed by atoms with Gasteiger partial charge in [-0.15, -0.1) is 0 Å². The Labute approximate surface area is 179 Å². The molecule has 0 unspecified atom stereocenters. The van der Waals surface area contributed by atoms with Gasteiger partial charge in [0.05, 0.1) is 11.8 Å². The van der Waals surface area contributed by atoms with Crippen LogP contribution in [0.3, 0.4) is 0 Å². The maximum absolute atomic E-state index is 13.5. The van der Waals surface area contributed by atoms with E-state index in [0.717, 1.165) is 36.7 Å². The number of aliphatic hydroxyl groups excluding tert-OH is 1. The highest BCUT2D eigenvalue weighted by molar-refractivity contribution is 6.03. The molecule has 0 bridgehead atoms. The van der Waals surface area contributed by atoms with Crippen molar-refractivity contribution in [2.45, 2.75) is 38.2 Å². The van der Waals surface area contributed by atoms with E-state index in [1.807, 2.05) is 36.5 Å². The molecule has 1 N–H and O–H groups in total. The van der Waals surface area contributed by atoms with E-state index in [9.17, 15) is 18.7 Å². The summed E-state index contributed by atoms with van der Waals surface area (Å²) in [6, 6.07) is 10.7. The van der Waals surface area contributed by atoms with Crippen molar-refractivity contribution < 1.29 is 18.7 Å². The molecule has 0 saturated heterocycles. The first kappa shape index (κ1) is 21.1. The molecule has 0 spiro atoms. The van der Waals surface area contributed by atoms with Crippen LogP contribution in [0.2, 0.25) is 0 Å². The standard InChI is InChI=1S/C24H23F2N3O2/c25-24(26)20-15-27-21(23(31)10-7-17-3-1-4-22(17)30)14-18(20)13-16-5-8-19(9-6-16)29-12-2-11-28-29/h2,5-12,14-15,17,22,24,30H,1,3-4,13H2/b10-7+/t17-,22+/m1/s1. The predicted molar refractivity (Wildman–Crippen MR) is 112 cm³/mol. The van der Waals surface area contributed by atoms with E-state index in [2.05, 4.69) is 10.1 Å². The van der Waals surface area contributed by atoms with E-state index in [1.54, 1.807) is 17.0 Å². The van der Waals surface area contributed by atoms with Crippen molar-refractivity contribution in [3.63, 3.8) is 0 Å². The number of carbonyl (C=O) groups is 1. The van der Waals surface area contributed by atoms with Gasteiger partial charge in [-0.1, -0.05) is 24.6 Å². The summed E-state index contributed by atoms with van der Waals surface area (Å²) in [4.78, 5) is 16.5. The molecule has 1 saturated carbocycles. The van der Waals surface area contributed by atoms with Gasteiger partial charge < -0.3 is 5.11 Å². The van der Waals surface area contributed by atoms with Gasteiger partial charge in [-0.3, -0.25) is 9.78 Å². The quantitative estimate of drug-likeness (QED) is 0.442. The first-order valence-electron chi connectivity index (χ1n) is 10.3. The summed E-state index contributed by atoms with van der Waals surface area (Å²) in [6.45, 7) is 0. The SMILES string of the molecule is O=C(/C=C/[C@H]1CCC[C@@H]1O)c1cc(Cc2ccc(-n3cccn3)cc2)c(C(F)F)cn1. The monoisotopic (exact) mass is 423 g/mol. The van der Waals surface area contributed by atoms with Gasteiger partial charge >= 0.3 is 0 Å². The Morgan fingerprint density at radius 3 is 2.71 bits per heavy atom. The molecular formula is C24H23F2N3O2. The maximum atomic E-state index is 13.5. The molecule has 0 aliphatic heterocycles. The highest BCUT2D eigenvalue weighted by Crippen LogP contribution is 2.28. The topological polar surface area (TPSA) is 68.0 Å². The van der Waals surface area contributed by atoms with E-state index < -0.39 is 12.5 Å². The summed E-state index contributed by atoms with van der Waals surface area (Å²) >= 11 is 0. The molecule has 5 nitrogen and oxygen atoms in total. The number of rotatable bonds is 7. The first-order valence-corrected chi connectivity index (χ1v) is 10.3. The van der Waals surface area contributed by atoms with Crippen LogP contribution in [0.5, 0.6) is 0 Å². The third-order valence-electron chi connectivity index (χ3n) is 5.64. The lowest BCUT2D eigenvalue weighted by atomic mass is 9.99. The van der Waals surface area contributed by atoms with Crippen LogP contribution in [-0.2, 0) is 6.42 Å².